The summed E-state index contributed by atoms with van der Waals surface area (Å²) in [5, 5.41) is 3.15. The van der Waals surface area contributed by atoms with Crippen LogP contribution >= 0.6 is 0 Å². The number of nitrogens with one attached hydrogen (secondary N) is 1. The molecule has 33 heavy (non-hydrogen) atoms. The van der Waals surface area contributed by atoms with Crippen molar-refractivity contribution in [3.8, 4) is 11.5 Å². The number of pyridine rings is 1. The summed E-state index contributed by atoms with van der Waals surface area (Å²) in [6, 6.07) is 11.2. The van der Waals surface area contributed by atoms with Crippen molar-refractivity contribution in [3.63, 3.8) is 0 Å². The topological polar surface area (TPSA) is 93.9 Å². The second-order valence-electron chi connectivity index (χ2n) is 8.15. The molecule has 1 atom stereocenters. The minimum absolute atomic E-state index is 0.0997. The first kappa shape index (κ1) is 21.1. The molecular formula is C25H25N3O5. The Labute approximate surface area is 191 Å². The average molecular weight is 447 g/mol. The highest BCUT2D eigenvalue weighted by Gasteiger charge is 2.36. The second-order valence-corrected chi connectivity index (χ2v) is 8.15. The van der Waals surface area contributed by atoms with Crippen molar-refractivity contribution >= 4 is 17.5 Å². The molecule has 0 unspecified atom stereocenters. The van der Waals surface area contributed by atoms with Crippen molar-refractivity contribution in [1.82, 2.24) is 10.3 Å². The molecule has 2 aliphatic rings. The van der Waals surface area contributed by atoms with Crippen molar-refractivity contribution < 1.29 is 23.5 Å². The number of carbonyl (C=O) groups excluding carboxylic acids is 2. The van der Waals surface area contributed by atoms with E-state index in [-0.39, 0.29) is 17.7 Å². The number of nitrogens with zero attached hydrogens (tertiary/aromatic N) is 2. The molecule has 1 aliphatic heterocycles. The van der Waals surface area contributed by atoms with Gasteiger partial charge in [0.1, 0.15) is 19.3 Å². The molecule has 170 valence electrons. The van der Waals surface area contributed by atoms with Crippen LogP contribution in [0.25, 0.3) is 0 Å². The maximum Gasteiger partial charge on any atom is 0.294 e. The molecule has 2 amide bonds. The molecule has 3 aromatic rings. The van der Waals surface area contributed by atoms with Crippen LogP contribution in [0, 0.1) is 0 Å². The number of rotatable bonds is 6. The van der Waals surface area contributed by atoms with Crippen molar-refractivity contribution in [1.29, 1.82) is 0 Å². The van der Waals surface area contributed by atoms with Gasteiger partial charge in [-0.3, -0.25) is 19.5 Å². The van der Waals surface area contributed by atoms with Gasteiger partial charge in [-0.15, -0.1) is 0 Å². The molecule has 8 heteroatoms. The summed E-state index contributed by atoms with van der Waals surface area (Å²) in [4.78, 5) is 32.9. The zero-order valence-electron chi connectivity index (χ0n) is 18.1. The van der Waals surface area contributed by atoms with Crippen LogP contribution in [0.4, 0.5) is 5.69 Å². The van der Waals surface area contributed by atoms with E-state index in [1.54, 1.807) is 54.9 Å². The highest BCUT2D eigenvalue weighted by atomic mass is 16.6. The molecule has 0 radical (unpaired) electrons. The van der Waals surface area contributed by atoms with E-state index in [1.807, 2.05) is 0 Å². The predicted octanol–water partition coefficient (Wildman–Crippen LogP) is 3.89. The van der Waals surface area contributed by atoms with E-state index in [9.17, 15) is 9.59 Å². The number of fused-ring (bicyclic) bond motifs is 1. The Morgan fingerprint density at radius 2 is 1.76 bits per heavy atom. The summed E-state index contributed by atoms with van der Waals surface area (Å²) in [6.45, 7) is 0.878. The minimum Gasteiger partial charge on any atom is -0.486 e. The van der Waals surface area contributed by atoms with Crippen molar-refractivity contribution in [2.45, 2.75) is 37.8 Å². The Bertz CT molecular complexity index is 1110. The van der Waals surface area contributed by atoms with Gasteiger partial charge in [-0.1, -0.05) is 12.8 Å². The largest absolute Gasteiger partial charge is 0.486 e. The fourth-order valence-corrected chi connectivity index (χ4v) is 4.40. The summed E-state index contributed by atoms with van der Waals surface area (Å²) >= 11 is 0. The lowest BCUT2D eigenvalue weighted by atomic mass is 10.0. The van der Waals surface area contributed by atoms with Crippen LogP contribution in [0.1, 0.15) is 47.8 Å². The summed E-state index contributed by atoms with van der Waals surface area (Å²) in [6.07, 6.45) is 8.71. The molecule has 1 fully saturated rings. The molecular weight excluding hydrogens is 422 g/mol. The van der Waals surface area contributed by atoms with E-state index in [1.165, 1.54) is 11.2 Å². The van der Waals surface area contributed by atoms with Gasteiger partial charge >= 0.3 is 0 Å². The molecule has 0 bridgehead atoms. The maximum absolute atomic E-state index is 13.7. The van der Waals surface area contributed by atoms with Crippen molar-refractivity contribution in [2.75, 3.05) is 18.1 Å². The normalized spacial score (nSPS) is 16.2. The van der Waals surface area contributed by atoms with Gasteiger partial charge in [0.2, 0.25) is 5.91 Å². The van der Waals surface area contributed by atoms with Crippen LogP contribution in [0.2, 0.25) is 0 Å². The van der Waals surface area contributed by atoms with Crippen LogP contribution < -0.4 is 19.7 Å². The van der Waals surface area contributed by atoms with Crippen LogP contribution in [-0.4, -0.2) is 36.1 Å². The fraction of sp³-hybridized carbons (Fsp3) is 0.320. The number of hydrogen-bond donors (Lipinski definition) is 1. The highest BCUT2D eigenvalue weighted by molar-refractivity contribution is 6.08. The van der Waals surface area contributed by atoms with Gasteiger partial charge in [0, 0.05) is 30.2 Å². The Kier molecular flexibility index (Phi) is 5.97. The third-order valence-corrected chi connectivity index (χ3v) is 5.98. The number of furan rings is 1. The number of benzene rings is 1. The molecule has 3 heterocycles. The van der Waals surface area contributed by atoms with Crippen LogP contribution in [-0.2, 0) is 4.79 Å². The molecule has 2 aromatic heterocycles. The molecule has 1 N–H and O–H groups in total. The van der Waals surface area contributed by atoms with Crippen LogP contribution in [0.5, 0.6) is 11.5 Å². The molecule has 1 aliphatic carbocycles. The average Bonchev–Trinajstić information content (AvgIpc) is 3.57. The minimum atomic E-state index is -0.922. The molecule has 1 saturated carbocycles. The molecule has 1 aromatic carbocycles. The van der Waals surface area contributed by atoms with Gasteiger partial charge < -0.3 is 19.2 Å². The zero-order chi connectivity index (χ0) is 22.6. The Hall–Kier alpha value is -3.81. The van der Waals surface area contributed by atoms with E-state index in [2.05, 4.69) is 10.3 Å². The van der Waals surface area contributed by atoms with Gasteiger partial charge in [-0.2, -0.15) is 0 Å². The summed E-state index contributed by atoms with van der Waals surface area (Å²) in [7, 11) is 0. The van der Waals surface area contributed by atoms with Crippen molar-refractivity contribution in [2.24, 2.45) is 0 Å². The van der Waals surface area contributed by atoms with E-state index < -0.39 is 11.9 Å². The molecule has 8 nitrogen and oxygen atoms in total. The van der Waals surface area contributed by atoms with E-state index in [4.69, 9.17) is 13.9 Å². The van der Waals surface area contributed by atoms with E-state index in [0.717, 1.165) is 25.7 Å². The van der Waals surface area contributed by atoms with Gasteiger partial charge in [0.25, 0.3) is 5.91 Å². The van der Waals surface area contributed by atoms with Gasteiger partial charge in [-0.25, -0.2) is 0 Å². The summed E-state index contributed by atoms with van der Waals surface area (Å²) in [5.41, 5.74) is 1.15. The van der Waals surface area contributed by atoms with Gasteiger partial charge in [0.15, 0.2) is 17.3 Å². The lowest BCUT2D eigenvalue weighted by Gasteiger charge is -2.32. The Morgan fingerprint density at radius 3 is 2.48 bits per heavy atom. The Balaban J connectivity index is 1.59. The predicted molar refractivity (Wildman–Crippen MR) is 120 cm³/mol. The van der Waals surface area contributed by atoms with Crippen LogP contribution in [0.3, 0.4) is 0 Å². The number of amides is 2. The maximum atomic E-state index is 13.7. The standard InChI is InChI=1S/C25H25N3O5/c29-24(27-18-4-1-2-5-18)23(17-9-11-26-12-10-17)28(25(30)21-6-3-13-31-21)19-7-8-20-22(16-19)33-15-14-32-20/h3,6-13,16,18,23H,1-2,4-5,14-15H2,(H,27,29)/t23-/m0/s1. The first-order valence-corrected chi connectivity index (χ1v) is 11.2. The fourth-order valence-electron chi connectivity index (χ4n) is 4.40. The smallest absolute Gasteiger partial charge is 0.294 e. The van der Waals surface area contributed by atoms with Gasteiger partial charge in [0.05, 0.1) is 6.26 Å². The molecule has 0 spiro atoms. The lowest BCUT2D eigenvalue weighted by molar-refractivity contribution is -0.123. The van der Waals surface area contributed by atoms with Crippen LogP contribution in [0.15, 0.2) is 65.5 Å². The quantitative estimate of drug-likeness (QED) is 0.616. The third kappa shape index (κ3) is 4.41. The first-order chi connectivity index (χ1) is 16.2. The van der Waals surface area contributed by atoms with Gasteiger partial charge in [-0.05, 0) is 54.8 Å². The number of hydrogen-bond acceptors (Lipinski definition) is 6. The number of anilines is 1. The lowest BCUT2D eigenvalue weighted by Crippen LogP contribution is -2.46. The monoisotopic (exact) mass is 447 g/mol. The SMILES string of the molecule is O=C(NC1CCCC1)[C@H](c1ccncc1)N(C(=O)c1ccco1)c1ccc2c(c1)OCCO2. The van der Waals surface area contributed by atoms with Crippen molar-refractivity contribution in [3.05, 3.63) is 72.4 Å². The first-order valence-electron chi connectivity index (χ1n) is 11.2. The van der Waals surface area contributed by atoms with E-state index in [0.29, 0.717) is 36.0 Å². The van der Waals surface area contributed by atoms with E-state index >= 15 is 0 Å². The second kappa shape index (κ2) is 9.36. The zero-order valence-corrected chi connectivity index (χ0v) is 18.1. The number of aromatic nitrogens is 1. The number of ether oxygens (including phenoxy) is 2. The molecule has 5 rings (SSSR count). The number of carbonyl (C=O) groups is 2. The highest BCUT2D eigenvalue weighted by Crippen LogP contribution is 2.38. The summed E-state index contributed by atoms with van der Waals surface area (Å²) < 4.78 is 16.8. The summed E-state index contributed by atoms with van der Waals surface area (Å²) in [5.74, 6) is 0.590. The molecule has 0 saturated heterocycles. The Morgan fingerprint density at radius 1 is 1.00 bits per heavy atom. The third-order valence-electron chi connectivity index (χ3n) is 5.98.